The number of thiophene rings is 1. The summed E-state index contributed by atoms with van der Waals surface area (Å²) in [6, 6.07) is 9.52. The van der Waals surface area contributed by atoms with E-state index in [0.717, 1.165) is 14.7 Å². The van der Waals surface area contributed by atoms with Gasteiger partial charge in [0.2, 0.25) is 0 Å². The number of hydrogen-bond donors (Lipinski definition) is 1. The van der Waals surface area contributed by atoms with Gasteiger partial charge in [0.1, 0.15) is 10.9 Å². The fourth-order valence-electron chi connectivity index (χ4n) is 1.49. The molecule has 0 aliphatic rings. The first-order chi connectivity index (χ1) is 9.15. The van der Waals surface area contributed by atoms with Crippen LogP contribution in [0.15, 0.2) is 44.3 Å². The van der Waals surface area contributed by atoms with Crippen LogP contribution < -0.4 is 0 Å². The fourth-order valence-corrected chi connectivity index (χ4v) is 3.98. The van der Waals surface area contributed by atoms with Crippen molar-refractivity contribution in [3.05, 3.63) is 40.1 Å². The Hall–Kier alpha value is -1.42. The van der Waals surface area contributed by atoms with Gasteiger partial charge in [0.25, 0.3) is 0 Å². The van der Waals surface area contributed by atoms with Gasteiger partial charge in [-0.15, -0.1) is 23.1 Å². The number of carboxylic acid groups (broad SMARTS) is 1. The zero-order valence-electron chi connectivity index (χ0n) is 9.91. The normalized spacial score (nSPS) is 10.1. The monoisotopic (exact) mass is 307 g/mol. The van der Waals surface area contributed by atoms with E-state index in [1.165, 1.54) is 34.9 Å². The Bertz CT molecular complexity index is 658. The lowest BCUT2D eigenvalue weighted by Gasteiger charge is -2.05. The topological polar surface area (TPSA) is 61.1 Å². The molecule has 0 spiro atoms. The van der Waals surface area contributed by atoms with Crippen LogP contribution in [0.1, 0.15) is 15.2 Å². The molecule has 0 amide bonds. The zero-order valence-corrected chi connectivity index (χ0v) is 12.4. The van der Waals surface area contributed by atoms with Gasteiger partial charge in [-0.3, -0.25) is 0 Å². The van der Waals surface area contributed by atoms with Crippen LogP contribution in [0.2, 0.25) is 0 Å². The van der Waals surface area contributed by atoms with Crippen molar-refractivity contribution >= 4 is 40.8 Å². The molecule has 0 radical (unpaired) electrons. The van der Waals surface area contributed by atoms with E-state index < -0.39 is 5.97 Å². The van der Waals surface area contributed by atoms with Crippen LogP contribution in [0.4, 0.5) is 0 Å². The third-order valence-corrected chi connectivity index (χ3v) is 5.21. The fraction of sp³-hybridized carbons (Fsp3) is 0.0769. The molecule has 2 rings (SSSR count). The summed E-state index contributed by atoms with van der Waals surface area (Å²) < 4.78 is 0. The summed E-state index contributed by atoms with van der Waals surface area (Å²) in [4.78, 5) is 13.8. The smallest absolute Gasteiger partial charge is 0.345 e. The van der Waals surface area contributed by atoms with E-state index in [9.17, 15) is 10.1 Å². The Morgan fingerprint density at radius 3 is 2.74 bits per heavy atom. The van der Waals surface area contributed by atoms with Gasteiger partial charge < -0.3 is 5.11 Å². The highest BCUT2D eigenvalue weighted by atomic mass is 32.2. The molecule has 0 atom stereocenters. The second-order valence-corrected chi connectivity index (χ2v) is 6.37. The highest BCUT2D eigenvalue weighted by Gasteiger charge is 2.12. The van der Waals surface area contributed by atoms with Gasteiger partial charge in [-0.2, -0.15) is 5.26 Å². The molecule has 3 nitrogen and oxygen atoms in total. The van der Waals surface area contributed by atoms with Crippen molar-refractivity contribution in [2.24, 2.45) is 0 Å². The molecule has 2 aromatic rings. The number of nitrogens with zero attached hydrogens (tertiary/aromatic N) is 1. The van der Waals surface area contributed by atoms with E-state index >= 15 is 0 Å². The van der Waals surface area contributed by atoms with Gasteiger partial charge in [-0.05, 0) is 24.5 Å². The molecule has 0 bridgehead atoms. The van der Waals surface area contributed by atoms with Gasteiger partial charge in [0, 0.05) is 20.1 Å². The minimum absolute atomic E-state index is 0.307. The Morgan fingerprint density at radius 2 is 2.16 bits per heavy atom. The van der Waals surface area contributed by atoms with Crippen LogP contribution in [0.25, 0.3) is 0 Å². The second kappa shape index (κ2) is 6.15. The van der Waals surface area contributed by atoms with Crippen molar-refractivity contribution in [1.29, 1.82) is 5.26 Å². The maximum atomic E-state index is 10.8. The molecule has 0 saturated carbocycles. The van der Waals surface area contributed by atoms with Crippen LogP contribution in [-0.2, 0) is 0 Å². The maximum Gasteiger partial charge on any atom is 0.345 e. The summed E-state index contributed by atoms with van der Waals surface area (Å²) in [5.41, 5.74) is 0.642. The lowest BCUT2D eigenvalue weighted by Crippen LogP contribution is -1.90. The molecule has 6 heteroatoms. The number of aromatic carboxylic acids is 1. The predicted molar refractivity (Wildman–Crippen MR) is 78.3 cm³/mol. The molecule has 1 heterocycles. The summed E-state index contributed by atoms with van der Waals surface area (Å²) in [7, 11) is 0. The molecular formula is C13H9NO2S3. The molecule has 0 unspecified atom stereocenters. The number of hydrogen-bond acceptors (Lipinski definition) is 5. The van der Waals surface area contributed by atoms with Crippen LogP contribution in [-0.4, -0.2) is 17.3 Å². The largest absolute Gasteiger partial charge is 0.477 e. The number of rotatable bonds is 4. The van der Waals surface area contributed by atoms with Crippen LogP contribution in [0.5, 0.6) is 0 Å². The average molecular weight is 307 g/mol. The summed E-state index contributed by atoms with van der Waals surface area (Å²) in [5.74, 6) is -0.921. The number of nitriles is 1. The molecule has 96 valence electrons. The number of benzene rings is 1. The lowest BCUT2D eigenvalue weighted by atomic mass is 10.2. The molecule has 0 aliphatic carbocycles. The van der Waals surface area contributed by atoms with E-state index in [4.69, 9.17) is 5.11 Å². The van der Waals surface area contributed by atoms with Crippen LogP contribution in [0, 0.1) is 11.3 Å². The molecule has 0 aliphatic heterocycles. The van der Waals surface area contributed by atoms with Crippen molar-refractivity contribution in [3.8, 4) is 6.07 Å². The molecule has 1 aromatic heterocycles. The standard InChI is InChI=1S/C13H9NO2S3/c1-17-10-3-2-4-11(9(10)6-14)19-8-5-12(13(15)16)18-7-8/h2-5,7H,1H3,(H,15,16). The molecule has 0 fully saturated rings. The van der Waals surface area contributed by atoms with E-state index in [0.29, 0.717) is 10.4 Å². The quantitative estimate of drug-likeness (QED) is 0.858. The zero-order chi connectivity index (χ0) is 13.8. The SMILES string of the molecule is CSc1cccc(Sc2csc(C(=O)O)c2)c1C#N. The summed E-state index contributed by atoms with van der Waals surface area (Å²) >= 11 is 4.14. The third-order valence-electron chi connectivity index (χ3n) is 2.33. The number of carboxylic acids is 1. The van der Waals surface area contributed by atoms with Crippen molar-refractivity contribution in [2.45, 2.75) is 14.7 Å². The minimum atomic E-state index is -0.921. The molecule has 0 saturated heterocycles. The summed E-state index contributed by atoms with van der Waals surface area (Å²) in [6.07, 6.45) is 1.93. The van der Waals surface area contributed by atoms with Crippen molar-refractivity contribution in [1.82, 2.24) is 0 Å². The Morgan fingerprint density at radius 1 is 1.42 bits per heavy atom. The number of carbonyl (C=O) groups is 1. The average Bonchev–Trinajstić information content (AvgIpc) is 2.87. The first kappa shape index (κ1) is 14.0. The molecule has 19 heavy (non-hydrogen) atoms. The van der Waals surface area contributed by atoms with Gasteiger partial charge in [-0.1, -0.05) is 17.8 Å². The van der Waals surface area contributed by atoms with E-state index in [1.807, 2.05) is 24.5 Å². The first-order valence-electron chi connectivity index (χ1n) is 5.22. The molecule has 1 N–H and O–H groups in total. The van der Waals surface area contributed by atoms with E-state index in [-0.39, 0.29) is 0 Å². The predicted octanol–water partition coefficient (Wildman–Crippen LogP) is 4.19. The second-order valence-electron chi connectivity index (χ2n) is 3.50. The van der Waals surface area contributed by atoms with Crippen molar-refractivity contribution in [3.63, 3.8) is 0 Å². The Labute approximate surface area is 123 Å². The van der Waals surface area contributed by atoms with E-state index in [2.05, 4.69) is 6.07 Å². The van der Waals surface area contributed by atoms with Gasteiger partial charge >= 0.3 is 5.97 Å². The highest BCUT2D eigenvalue weighted by Crippen LogP contribution is 2.36. The minimum Gasteiger partial charge on any atom is -0.477 e. The van der Waals surface area contributed by atoms with E-state index in [1.54, 1.807) is 11.4 Å². The van der Waals surface area contributed by atoms with Crippen LogP contribution >= 0.6 is 34.9 Å². The third kappa shape index (κ3) is 3.13. The van der Waals surface area contributed by atoms with Crippen molar-refractivity contribution in [2.75, 3.05) is 6.26 Å². The van der Waals surface area contributed by atoms with Crippen LogP contribution in [0.3, 0.4) is 0 Å². The molecule has 1 aromatic carbocycles. The maximum absolute atomic E-state index is 10.8. The summed E-state index contributed by atoms with van der Waals surface area (Å²) in [6.45, 7) is 0. The molecular weight excluding hydrogens is 298 g/mol. The Kier molecular flexibility index (Phi) is 4.53. The van der Waals surface area contributed by atoms with Gasteiger partial charge in [0.05, 0.1) is 5.56 Å². The first-order valence-corrected chi connectivity index (χ1v) is 8.14. The van der Waals surface area contributed by atoms with Gasteiger partial charge in [-0.25, -0.2) is 4.79 Å². The van der Waals surface area contributed by atoms with Crippen molar-refractivity contribution < 1.29 is 9.90 Å². The van der Waals surface area contributed by atoms with Gasteiger partial charge in [0.15, 0.2) is 0 Å². The Balaban J connectivity index is 2.33. The highest BCUT2D eigenvalue weighted by molar-refractivity contribution is 8.00. The number of thioether (sulfide) groups is 1. The lowest BCUT2D eigenvalue weighted by molar-refractivity contribution is 0.0702. The summed E-state index contributed by atoms with van der Waals surface area (Å²) in [5, 5.41) is 19.9.